The summed E-state index contributed by atoms with van der Waals surface area (Å²) >= 11 is 0. The Balaban J connectivity index is 2.14. The van der Waals surface area contributed by atoms with Gasteiger partial charge in [-0.25, -0.2) is 0 Å². The summed E-state index contributed by atoms with van der Waals surface area (Å²) in [6.45, 7) is 2.61. The van der Waals surface area contributed by atoms with Crippen molar-refractivity contribution in [3.63, 3.8) is 0 Å². The van der Waals surface area contributed by atoms with Gasteiger partial charge in [0.1, 0.15) is 0 Å². The van der Waals surface area contributed by atoms with Gasteiger partial charge in [-0.3, -0.25) is 0 Å². The normalized spacial score (nSPS) is 20.4. The summed E-state index contributed by atoms with van der Waals surface area (Å²) in [4.78, 5) is 0. The van der Waals surface area contributed by atoms with Crippen LogP contribution in [0.1, 0.15) is 42.7 Å². The van der Waals surface area contributed by atoms with Crippen LogP contribution in [0, 0.1) is 12.8 Å². The van der Waals surface area contributed by atoms with Gasteiger partial charge in [-0.05, 0) is 31.2 Å². The zero-order valence-electron chi connectivity index (χ0n) is 10.6. The molecule has 0 aliphatic heterocycles. The fourth-order valence-corrected chi connectivity index (χ4v) is 3.00. The van der Waals surface area contributed by atoms with E-state index in [2.05, 4.69) is 31.2 Å². The molecule has 94 valence electrons. The van der Waals surface area contributed by atoms with Gasteiger partial charge in [-0.1, -0.05) is 42.7 Å². The maximum absolute atomic E-state index is 10.5. The Hall–Kier alpha value is -0.860. The number of aliphatic hydroxyl groups is 1. The molecule has 0 spiro atoms. The molecule has 0 bridgehead atoms. The molecule has 1 aromatic carbocycles. The van der Waals surface area contributed by atoms with Gasteiger partial charge in [-0.15, -0.1) is 0 Å². The van der Waals surface area contributed by atoms with Gasteiger partial charge in [0.15, 0.2) is 0 Å². The van der Waals surface area contributed by atoms with Gasteiger partial charge in [-0.2, -0.15) is 0 Å². The number of nitrogens with two attached hydrogens (primary N) is 1. The summed E-state index contributed by atoms with van der Waals surface area (Å²) in [6.07, 6.45) is 4.55. The van der Waals surface area contributed by atoms with Gasteiger partial charge in [0, 0.05) is 12.5 Å². The van der Waals surface area contributed by atoms with E-state index in [-0.39, 0.29) is 12.0 Å². The maximum Gasteiger partial charge on any atom is 0.0648 e. The standard InChI is InChI=1S/C15H23NO/c1-11-5-4-8-13(9-11)14(10-16)15(17)12-6-2-3-7-12/h4-5,8-9,12,14-15,17H,2-3,6-7,10,16H2,1H3. The summed E-state index contributed by atoms with van der Waals surface area (Å²) in [5.41, 5.74) is 8.29. The molecule has 3 N–H and O–H groups in total. The van der Waals surface area contributed by atoms with Crippen LogP contribution in [0.5, 0.6) is 0 Å². The highest BCUT2D eigenvalue weighted by Gasteiger charge is 2.30. The Labute approximate surface area is 104 Å². The van der Waals surface area contributed by atoms with Crippen LogP contribution in [-0.2, 0) is 0 Å². The molecule has 2 unspecified atom stereocenters. The van der Waals surface area contributed by atoms with E-state index in [1.54, 1.807) is 0 Å². The molecule has 0 aromatic heterocycles. The molecule has 2 heteroatoms. The third-order valence-corrected chi connectivity index (χ3v) is 4.02. The minimum Gasteiger partial charge on any atom is -0.392 e. The fourth-order valence-electron chi connectivity index (χ4n) is 3.00. The van der Waals surface area contributed by atoms with Crippen LogP contribution in [0.3, 0.4) is 0 Å². The molecule has 0 amide bonds. The van der Waals surface area contributed by atoms with E-state index in [9.17, 15) is 5.11 Å². The van der Waals surface area contributed by atoms with Crippen LogP contribution in [0.2, 0.25) is 0 Å². The quantitative estimate of drug-likeness (QED) is 0.839. The molecule has 0 radical (unpaired) electrons. The van der Waals surface area contributed by atoms with Crippen LogP contribution in [-0.4, -0.2) is 17.8 Å². The minimum absolute atomic E-state index is 0.0954. The Morgan fingerprint density at radius 1 is 1.35 bits per heavy atom. The summed E-state index contributed by atoms with van der Waals surface area (Å²) in [6, 6.07) is 8.37. The van der Waals surface area contributed by atoms with Crippen LogP contribution in [0.4, 0.5) is 0 Å². The molecule has 0 heterocycles. The van der Waals surface area contributed by atoms with Gasteiger partial charge in [0.05, 0.1) is 6.10 Å². The predicted octanol–water partition coefficient (Wildman–Crippen LogP) is 2.59. The van der Waals surface area contributed by atoms with Gasteiger partial charge < -0.3 is 10.8 Å². The highest BCUT2D eigenvalue weighted by Crippen LogP contribution is 2.34. The Morgan fingerprint density at radius 3 is 2.65 bits per heavy atom. The van der Waals surface area contributed by atoms with Crippen molar-refractivity contribution in [2.24, 2.45) is 11.7 Å². The maximum atomic E-state index is 10.5. The lowest BCUT2D eigenvalue weighted by molar-refractivity contribution is 0.0851. The molecule has 0 saturated heterocycles. The lowest BCUT2D eigenvalue weighted by Gasteiger charge is -2.27. The van der Waals surface area contributed by atoms with E-state index in [4.69, 9.17) is 5.73 Å². The molecule has 2 atom stereocenters. The minimum atomic E-state index is -0.274. The van der Waals surface area contributed by atoms with E-state index >= 15 is 0 Å². The van der Waals surface area contributed by atoms with E-state index in [0.29, 0.717) is 12.5 Å². The average Bonchev–Trinajstić information content (AvgIpc) is 2.83. The zero-order chi connectivity index (χ0) is 12.3. The predicted molar refractivity (Wildman–Crippen MR) is 70.9 cm³/mol. The molecule has 1 aliphatic carbocycles. The van der Waals surface area contributed by atoms with Crippen molar-refractivity contribution in [2.75, 3.05) is 6.54 Å². The molecular weight excluding hydrogens is 210 g/mol. The first-order valence-electron chi connectivity index (χ1n) is 6.67. The average molecular weight is 233 g/mol. The smallest absolute Gasteiger partial charge is 0.0648 e. The molecule has 1 fully saturated rings. The van der Waals surface area contributed by atoms with Crippen molar-refractivity contribution in [3.05, 3.63) is 35.4 Å². The number of benzene rings is 1. The monoisotopic (exact) mass is 233 g/mol. The van der Waals surface area contributed by atoms with E-state index in [1.165, 1.54) is 24.0 Å². The third-order valence-electron chi connectivity index (χ3n) is 4.02. The van der Waals surface area contributed by atoms with Gasteiger partial charge in [0.2, 0.25) is 0 Å². The van der Waals surface area contributed by atoms with Crippen LogP contribution >= 0.6 is 0 Å². The van der Waals surface area contributed by atoms with Crippen molar-refractivity contribution in [3.8, 4) is 0 Å². The fraction of sp³-hybridized carbons (Fsp3) is 0.600. The molecular formula is C15H23NO. The van der Waals surface area contributed by atoms with Gasteiger partial charge in [0.25, 0.3) is 0 Å². The second kappa shape index (κ2) is 5.65. The van der Waals surface area contributed by atoms with Crippen molar-refractivity contribution in [2.45, 2.75) is 44.6 Å². The summed E-state index contributed by atoms with van der Waals surface area (Å²) in [5.74, 6) is 0.544. The number of aryl methyl sites for hydroxylation is 1. The van der Waals surface area contributed by atoms with Crippen molar-refractivity contribution in [1.29, 1.82) is 0 Å². The molecule has 2 nitrogen and oxygen atoms in total. The van der Waals surface area contributed by atoms with Crippen molar-refractivity contribution < 1.29 is 5.11 Å². The number of hydrogen-bond acceptors (Lipinski definition) is 2. The molecule has 17 heavy (non-hydrogen) atoms. The topological polar surface area (TPSA) is 46.2 Å². The lowest BCUT2D eigenvalue weighted by Crippen LogP contribution is -2.31. The first kappa shape index (κ1) is 12.6. The SMILES string of the molecule is Cc1cccc(C(CN)C(O)C2CCCC2)c1. The second-order valence-corrected chi connectivity index (χ2v) is 5.29. The Morgan fingerprint density at radius 2 is 2.06 bits per heavy atom. The van der Waals surface area contributed by atoms with Crippen molar-refractivity contribution in [1.82, 2.24) is 0 Å². The number of hydrogen-bond donors (Lipinski definition) is 2. The zero-order valence-corrected chi connectivity index (χ0v) is 10.6. The summed E-state index contributed by atoms with van der Waals surface area (Å²) < 4.78 is 0. The Kier molecular flexibility index (Phi) is 4.19. The second-order valence-electron chi connectivity index (χ2n) is 5.29. The number of aliphatic hydroxyl groups excluding tert-OH is 1. The molecule has 2 rings (SSSR count). The highest BCUT2D eigenvalue weighted by atomic mass is 16.3. The van der Waals surface area contributed by atoms with E-state index in [1.807, 2.05) is 0 Å². The van der Waals surface area contributed by atoms with Crippen LogP contribution < -0.4 is 5.73 Å². The molecule has 1 aliphatic rings. The highest BCUT2D eigenvalue weighted by molar-refractivity contribution is 5.26. The van der Waals surface area contributed by atoms with E-state index < -0.39 is 0 Å². The largest absolute Gasteiger partial charge is 0.392 e. The number of rotatable bonds is 4. The summed E-state index contributed by atoms with van der Waals surface area (Å²) in [5, 5.41) is 10.5. The molecule has 1 aromatic rings. The lowest BCUT2D eigenvalue weighted by atomic mass is 9.84. The third kappa shape index (κ3) is 2.88. The van der Waals surface area contributed by atoms with Crippen molar-refractivity contribution >= 4 is 0 Å². The van der Waals surface area contributed by atoms with Gasteiger partial charge >= 0.3 is 0 Å². The van der Waals surface area contributed by atoms with Crippen LogP contribution in [0.15, 0.2) is 24.3 Å². The van der Waals surface area contributed by atoms with Crippen LogP contribution in [0.25, 0.3) is 0 Å². The Bertz CT molecular complexity index is 358. The van der Waals surface area contributed by atoms with E-state index in [0.717, 1.165) is 12.8 Å². The summed E-state index contributed by atoms with van der Waals surface area (Å²) in [7, 11) is 0. The first-order chi connectivity index (χ1) is 8.22. The first-order valence-corrected chi connectivity index (χ1v) is 6.67. The molecule has 1 saturated carbocycles.